The first-order valence-corrected chi connectivity index (χ1v) is 17.4. The Kier molecular flexibility index (Phi) is 10.4. The zero-order valence-corrected chi connectivity index (χ0v) is 28.0. The van der Waals surface area contributed by atoms with Crippen molar-refractivity contribution in [3.05, 3.63) is 81.7 Å². The van der Waals surface area contributed by atoms with Gasteiger partial charge in [0, 0.05) is 38.8 Å². The highest BCUT2D eigenvalue weighted by molar-refractivity contribution is 8.22. The van der Waals surface area contributed by atoms with Gasteiger partial charge in [0.25, 0.3) is 5.91 Å². The number of nitrogens with one attached hydrogen (secondary N) is 1. The summed E-state index contributed by atoms with van der Waals surface area (Å²) in [6, 6.07) is 15.2. The lowest BCUT2D eigenvalue weighted by atomic mass is 9.85. The summed E-state index contributed by atoms with van der Waals surface area (Å²) < 4.78 is 57.5. The number of thiophene rings is 1. The monoisotopic (exact) mass is 677 g/mol. The van der Waals surface area contributed by atoms with Crippen LogP contribution in [0.3, 0.4) is 0 Å². The van der Waals surface area contributed by atoms with Crippen molar-refractivity contribution in [3.63, 3.8) is 0 Å². The minimum absolute atomic E-state index is 0.0201. The molecule has 1 aliphatic rings. The first-order valence-electron chi connectivity index (χ1n) is 14.7. The molecule has 0 unspecified atom stereocenters. The number of hydrogen-bond acceptors (Lipinski definition) is 7. The number of fused-ring (bicyclic) bond motifs is 1. The van der Waals surface area contributed by atoms with Crippen LogP contribution in [-0.4, -0.2) is 65.1 Å². The normalized spacial score (nSPS) is 17.6. The summed E-state index contributed by atoms with van der Waals surface area (Å²) in [5.74, 6) is -0.842. The maximum absolute atomic E-state index is 14.7. The van der Waals surface area contributed by atoms with Gasteiger partial charge in [-0.1, -0.05) is 29.8 Å². The molecule has 1 amide bonds. The van der Waals surface area contributed by atoms with Crippen LogP contribution in [0.2, 0.25) is 5.02 Å². The van der Waals surface area contributed by atoms with Gasteiger partial charge in [0.05, 0.1) is 27.1 Å². The second kappa shape index (κ2) is 13.9. The van der Waals surface area contributed by atoms with Crippen LogP contribution in [0.15, 0.2) is 59.5 Å². The van der Waals surface area contributed by atoms with Gasteiger partial charge in [0.2, 0.25) is 0 Å². The zero-order valence-electron chi connectivity index (χ0n) is 25.6. The third-order valence-corrected chi connectivity index (χ3v) is 12.2. The fraction of sp³-hybridized carbons (Fsp3) is 0.364. The van der Waals surface area contributed by atoms with Crippen LogP contribution in [0.4, 0.5) is 8.78 Å². The molecule has 3 aromatic carbocycles. The number of rotatable bonds is 10. The smallest absolute Gasteiger partial charge is 0.265 e. The molecule has 0 atom stereocenters. The predicted molar refractivity (Wildman–Crippen MR) is 180 cm³/mol. The first kappa shape index (κ1) is 33.6. The van der Waals surface area contributed by atoms with E-state index >= 15 is 0 Å². The number of carbonyl (C=O) groups is 1. The number of hydrogen-bond donors (Lipinski definition) is 3. The van der Waals surface area contributed by atoms with Crippen molar-refractivity contribution >= 4 is 49.7 Å². The Balaban J connectivity index is 1.50. The fourth-order valence-electron chi connectivity index (χ4n) is 5.87. The van der Waals surface area contributed by atoms with E-state index in [-0.39, 0.29) is 38.4 Å². The van der Waals surface area contributed by atoms with Gasteiger partial charge in [-0.3, -0.25) is 13.9 Å². The molecule has 1 aromatic heterocycles. The Labute approximate surface area is 273 Å². The van der Waals surface area contributed by atoms with E-state index in [1.165, 1.54) is 4.31 Å². The number of halogens is 3. The van der Waals surface area contributed by atoms with Crippen molar-refractivity contribution < 1.29 is 27.4 Å². The maximum atomic E-state index is 14.7. The maximum Gasteiger partial charge on any atom is 0.265 e. The van der Waals surface area contributed by atoms with Crippen molar-refractivity contribution in [2.45, 2.75) is 43.2 Å². The van der Waals surface area contributed by atoms with Crippen molar-refractivity contribution in [2.75, 3.05) is 34.8 Å². The lowest BCUT2D eigenvalue weighted by Crippen LogP contribution is -2.38. The van der Waals surface area contributed by atoms with Crippen LogP contribution < -0.4 is 10.1 Å². The van der Waals surface area contributed by atoms with Crippen LogP contribution in [0, 0.1) is 17.6 Å². The van der Waals surface area contributed by atoms with Gasteiger partial charge < -0.3 is 15.0 Å². The first-order chi connectivity index (χ1) is 21.4. The summed E-state index contributed by atoms with van der Waals surface area (Å²) in [5, 5.41) is 3.19. The zero-order chi connectivity index (χ0) is 32.5. The third kappa shape index (κ3) is 7.00. The number of nitrogens with zero attached hydrogens (tertiary/aromatic N) is 2. The van der Waals surface area contributed by atoms with E-state index in [9.17, 15) is 22.7 Å². The van der Waals surface area contributed by atoms with Crippen molar-refractivity contribution in [1.29, 1.82) is 0 Å². The average Bonchev–Trinajstić information content (AvgIpc) is 3.40. The Hall–Kier alpha value is -2.77. The largest absolute Gasteiger partial charge is 0.496 e. The Morgan fingerprint density at radius 3 is 2.27 bits per heavy atom. The van der Waals surface area contributed by atoms with E-state index in [2.05, 4.69) is 5.32 Å². The molecular formula is C33H38ClF2N3O4S2. The molecule has 12 heteroatoms. The average molecular weight is 678 g/mol. The molecule has 5 rings (SSSR count). The summed E-state index contributed by atoms with van der Waals surface area (Å²) in [5.41, 5.74) is 2.45. The standard InChI is InChI=1S/C33H38ClF2N3O4S2/c1-37-24-10-5-20(6-11-24)18-39(33(40)32-30(34)29-26(35)14-15-27(36)31(29)44-32)19-23-17-22(9-16-28(23)43-4)21-7-12-25(13-8-21)45(41,42)38(2)3/h7-9,12-17,20,24,37,41-42H,5-6,10-11,18-19H2,1-4H3. The SMILES string of the molecule is CNC1CCC(CN(Cc2cc(-c3ccc(S(O)(O)N(C)C)cc3)ccc2OC)C(=O)c2sc3c(F)ccc(F)c3c2Cl)CC1. The van der Waals surface area contributed by atoms with Gasteiger partial charge in [0.1, 0.15) is 22.3 Å². The molecule has 1 fully saturated rings. The fourth-order valence-corrected chi connectivity index (χ4v) is 8.31. The van der Waals surface area contributed by atoms with E-state index in [0.29, 0.717) is 23.2 Å². The molecule has 1 heterocycles. The lowest BCUT2D eigenvalue weighted by molar-refractivity contribution is 0.0698. The minimum atomic E-state index is -3.08. The highest BCUT2D eigenvalue weighted by Gasteiger charge is 2.30. The number of methoxy groups -OCH3 is 1. The molecule has 0 radical (unpaired) electrons. The molecule has 7 nitrogen and oxygen atoms in total. The van der Waals surface area contributed by atoms with E-state index < -0.39 is 22.4 Å². The van der Waals surface area contributed by atoms with E-state index in [0.717, 1.165) is 65.8 Å². The molecule has 4 aromatic rings. The highest BCUT2D eigenvalue weighted by atomic mass is 35.5. The molecule has 0 saturated heterocycles. The predicted octanol–water partition coefficient (Wildman–Crippen LogP) is 8.52. The molecule has 1 aliphatic carbocycles. The van der Waals surface area contributed by atoms with Crippen LogP contribution in [0.25, 0.3) is 21.2 Å². The molecule has 0 aliphatic heterocycles. The second-order valence-corrected chi connectivity index (χ2v) is 15.2. The Morgan fingerprint density at radius 2 is 1.67 bits per heavy atom. The minimum Gasteiger partial charge on any atom is -0.496 e. The second-order valence-electron chi connectivity index (χ2n) is 11.6. The lowest BCUT2D eigenvalue weighted by Gasteiger charge is -2.38. The van der Waals surface area contributed by atoms with Crippen LogP contribution >= 0.6 is 33.7 Å². The number of amides is 1. The molecule has 3 N–H and O–H groups in total. The topological polar surface area (TPSA) is 85.3 Å². The van der Waals surface area contributed by atoms with Crippen LogP contribution in [-0.2, 0) is 6.54 Å². The summed E-state index contributed by atoms with van der Waals surface area (Å²) in [7, 11) is 3.67. The van der Waals surface area contributed by atoms with Gasteiger partial charge >= 0.3 is 0 Å². The van der Waals surface area contributed by atoms with Gasteiger partial charge in [0.15, 0.2) is 0 Å². The molecular weight excluding hydrogens is 640 g/mol. The summed E-state index contributed by atoms with van der Waals surface area (Å²) >= 11 is 7.44. The number of ether oxygens (including phenoxy) is 1. The highest BCUT2D eigenvalue weighted by Crippen LogP contribution is 2.49. The molecule has 0 spiro atoms. The quantitative estimate of drug-likeness (QED) is 0.156. The number of carbonyl (C=O) groups excluding carboxylic acids is 1. The van der Waals surface area contributed by atoms with Gasteiger partial charge in [-0.25, -0.2) is 13.1 Å². The van der Waals surface area contributed by atoms with Gasteiger partial charge in [-0.15, -0.1) is 22.1 Å². The Morgan fingerprint density at radius 1 is 1.02 bits per heavy atom. The van der Waals surface area contributed by atoms with Crippen LogP contribution in [0.1, 0.15) is 40.9 Å². The van der Waals surface area contributed by atoms with E-state index in [1.54, 1.807) is 38.2 Å². The number of benzene rings is 3. The van der Waals surface area contributed by atoms with E-state index in [4.69, 9.17) is 16.3 Å². The summed E-state index contributed by atoms with van der Waals surface area (Å²) in [4.78, 5) is 16.4. The third-order valence-electron chi connectivity index (χ3n) is 8.55. The molecule has 45 heavy (non-hydrogen) atoms. The summed E-state index contributed by atoms with van der Waals surface area (Å²) in [6.07, 6.45) is 3.87. The van der Waals surface area contributed by atoms with Crippen molar-refractivity contribution in [2.24, 2.45) is 5.92 Å². The Bertz CT molecular complexity index is 1670. The summed E-state index contributed by atoms with van der Waals surface area (Å²) in [6.45, 7) is 0.645. The van der Waals surface area contributed by atoms with Crippen LogP contribution in [0.5, 0.6) is 5.75 Å². The van der Waals surface area contributed by atoms with Gasteiger partial charge in [-0.2, -0.15) is 0 Å². The van der Waals surface area contributed by atoms with Crippen molar-refractivity contribution in [3.8, 4) is 16.9 Å². The molecule has 0 bridgehead atoms. The van der Waals surface area contributed by atoms with Crippen molar-refractivity contribution in [1.82, 2.24) is 14.5 Å². The van der Waals surface area contributed by atoms with Gasteiger partial charge in [-0.05, 0) is 86.2 Å². The molecule has 242 valence electrons. The molecule has 1 saturated carbocycles. The van der Waals surface area contributed by atoms with E-state index in [1.807, 2.05) is 37.4 Å².